The summed E-state index contributed by atoms with van der Waals surface area (Å²) in [4.78, 5) is 11.4. The normalized spacial score (nSPS) is 9.53. The van der Waals surface area contributed by atoms with Crippen molar-refractivity contribution in [2.45, 2.75) is 6.92 Å². The minimum absolute atomic E-state index is 0.346. The van der Waals surface area contributed by atoms with E-state index in [-0.39, 0.29) is 5.97 Å². The first-order valence-electron chi connectivity index (χ1n) is 4.61. The Balaban J connectivity index is 3.01. The Morgan fingerprint density at radius 3 is 2.07 bits per heavy atom. The van der Waals surface area contributed by atoms with E-state index < -0.39 is 0 Å². The molecule has 0 atom stereocenters. The highest BCUT2D eigenvalue weighted by Gasteiger charge is 2.10. The maximum absolute atomic E-state index is 11.4. The van der Waals surface area contributed by atoms with Gasteiger partial charge in [-0.1, -0.05) is 0 Å². The summed E-state index contributed by atoms with van der Waals surface area (Å²) in [6.45, 7) is 2.10. The van der Waals surface area contributed by atoms with Crippen molar-refractivity contribution >= 4 is 5.97 Å². The van der Waals surface area contributed by atoms with Crippen LogP contribution in [0.3, 0.4) is 0 Å². The highest BCUT2D eigenvalue weighted by molar-refractivity contribution is 5.90. The second-order valence-electron chi connectivity index (χ2n) is 2.82. The number of carbonyl (C=O) groups excluding carboxylic acids is 1. The molecule has 0 heterocycles. The largest absolute Gasteiger partial charge is 0.497 e. The Kier molecular flexibility index (Phi) is 3.97. The Labute approximate surface area is 88.8 Å². The van der Waals surface area contributed by atoms with Crippen LogP contribution in [-0.2, 0) is 4.74 Å². The molecule has 0 aliphatic heterocycles. The smallest absolute Gasteiger partial charge is 0.338 e. The second kappa shape index (κ2) is 5.24. The van der Waals surface area contributed by atoms with Crippen LogP contribution < -0.4 is 9.47 Å². The molecule has 0 spiro atoms. The third-order valence-corrected chi connectivity index (χ3v) is 1.86. The molecule has 82 valence electrons. The van der Waals surface area contributed by atoms with Gasteiger partial charge in [-0.15, -0.1) is 0 Å². The van der Waals surface area contributed by atoms with E-state index in [1.807, 2.05) is 0 Å². The molecule has 0 amide bonds. The maximum atomic E-state index is 11.4. The Bertz CT molecular complexity index is 324. The molecule has 1 rings (SSSR count). The van der Waals surface area contributed by atoms with Gasteiger partial charge in [-0.25, -0.2) is 4.79 Å². The average Bonchev–Trinajstić information content (AvgIpc) is 2.28. The molecule has 0 saturated carbocycles. The molecule has 0 saturated heterocycles. The monoisotopic (exact) mass is 210 g/mol. The van der Waals surface area contributed by atoms with Crippen molar-refractivity contribution in [3.63, 3.8) is 0 Å². The molecule has 0 unspecified atom stereocenters. The number of rotatable bonds is 4. The van der Waals surface area contributed by atoms with E-state index in [4.69, 9.17) is 14.2 Å². The number of esters is 1. The summed E-state index contributed by atoms with van der Waals surface area (Å²) in [6.07, 6.45) is 0. The molecule has 4 nitrogen and oxygen atoms in total. The molecule has 0 fully saturated rings. The average molecular weight is 210 g/mol. The summed E-state index contributed by atoms with van der Waals surface area (Å²) in [7, 11) is 3.06. The zero-order chi connectivity index (χ0) is 11.3. The molecule has 1 aromatic rings. The number of hydrogen-bond acceptors (Lipinski definition) is 4. The van der Waals surface area contributed by atoms with Crippen LogP contribution in [0.5, 0.6) is 11.5 Å². The number of hydrogen-bond donors (Lipinski definition) is 0. The van der Waals surface area contributed by atoms with Gasteiger partial charge in [0.15, 0.2) is 0 Å². The van der Waals surface area contributed by atoms with E-state index in [9.17, 15) is 4.79 Å². The fraction of sp³-hybridized carbons (Fsp3) is 0.364. The van der Waals surface area contributed by atoms with Crippen LogP contribution in [-0.4, -0.2) is 26.8 Å². The minimum Gasteiger partial charge on any atom is -0.497 e. The summed E-state index contributed by atoms with van der Waals surface area (Å²) in [6, 6.07) is 4.92. The van der Waals surface area contributed by atoms with Crippen molar-refractivity contribution in [3.05, 3.63) is 23.8 Å². The third-order valence-electron chi connectivity index (χ3n) is 1.86. The van der Waals surface area contributed by atoms with Crippen molar-refractivity contribution < 1.29 is 19.0 Å². The number of benzene rings is 1. The van der Waals surface area contributed by atoms with Gasteiger partial charge in [-0.3, -0.25) is 0 Å². The van der Waals surface area contributed by atoms with Crippen LogP contribution in [0.2, 0.25) is 0 Å². The lowest BCUT2D eigenvalue weighted by atomic mass is 10.2. The summed E-state index contributed by atoms with van der Waals surface area (Å²) in [5.41, 5.74) is 0.424. The van der Waals surface area contributed by atoms with Gasteiger partial charge in [0.25, 0.3) is 0 Å². The van der Waals surface area contributed by atoms with E-state index in [1.54, 1.807) is 25.1 Å². The van der Waals surface area contributed by atoms with Crippen LogP contribution in [0.4, 0.5) is 0 Å². The van der Waals surface area contributed by atoms with Gasteiger partial charge in [0.2, 0.25) is 0 Å². The van der Waals surface area contributed by atoms with Crippen LogP contribution in [0.25, 0.3) is 0 Å². The minimum atomic E-state index is -0.380. The van der Waals surface area contributed by atoms with E-state index in [2.05, 4.69) is 0 Å². The number of ether oxygens (including phenoxy) is 3. The fourth-order valence-electron chi connectivity index (χ4n) is 1.14. The summed E-state index contributed by atoms with van der Waals surface area (Å²) >= 11 is 0. The van der Waals surface area contributed by atoms with E-state index in [0.717, 1.165) is 0 Å². The fourth-order valence-corrected chi connectivity index (χ4v) is 1.14. The van der Waals surface area contributed by atoms with Gasteiger partial charge in [-0.05, 0) is 19.1 Å². The molecule has 0 radical (unpaired) electrons. The molecule has 0 bridgehead atoms. The van der Waals surface area contributed by atoms with Gasteiger partial charge in [-0.2, -0.15) is 0 Å². The van der Waals surface area contributed by atoms with E-state index >= 15 is 0 Å². The summed E-state index contributed by atoms with van der Waals surface area (Å²) in [5, 5.41) is 0. The SMILES string of the molecule is CCOC(=O)c1cc(OC)cc(OC)c1. The predicted molar refractivity (Wildman–Crippen MR) is 55.5 cm³/mol. The Morgan fingerprint density at radius 1 is 1.13 bits per heavy atom. The lowest BCUT2D eigenvalue weighted by Crippen LogP contribution is -2.05. The van der Waals surface area contributed by atoms with E-state index in [1.165, 1.54) is 14.2 Å². The van der Waals surface area contributed by atoms with Gasteiger partial charge in [0.1, 0.15) is 11.5 Å². The molecule has 1 aromatic carbocycles. The first kappa shape index (κ1) is 11.4. The molecule has 0 aromatic heterocycles. The molecule has 15 heavy (non-hydrogen) atoms. The standard InChI is InChI=1S/C11H14O4/c1-4-15-11(12)8-5-9(13-2)7-10(6-8)14-3/h5-7H,4H2,1-3H3. The molecule has 0 aliphatic carbocycles. The number of carbonyl (C=O) groups is 1. The molecule has 4 heteroatoms. The Hall–Kier alpha value is -1.71. The maximum Gasteiger partial charge on any atom is 0.338 e. The lowest BCUT2D eigenvalue weighted by molar-refractivity contribution is 0.0525. The lowest BCUT2D eigenvalue weighted by Gasteiger charge is -2.07. The second-order valence-corrected chi connectivity index (χ2v) is 2.82. The van der Waals surface area contributed by atoms with Crippen molar-refractivity contribution in [1.82, 2.24) is 0 Å². The first-order valence-corrected chi connectivity index (χ1v) is 4.61. The van der Waals surface area contributed by atoms with Crippen LogP contribution in [0, 0.1) is 0 Å². The van der Waals surface area contributed by atoms with Crippen LogP contribution in [0.15, 0.2) is 18.2 Å². The first-order chi connectivity index (χ1) is 7.21. The number of methoxy groups -OCH3 is 2. The van der Waals surface area contributed by atoms with Crippen molar-refractivity contribution in [1.29, 1.82) is 0 Å². The quantitative estimate of drug-likeness (QED) is 0.712. The molecule has 0 N–H and O–H groups in total. The zero-order valence-electron chi connectivity index (χ0n) is 9.07. The van der Waals surface area contributed by atoms with Crippen molar-refractivity contribution in [2.24, 2.45) is 0 Å². The topological polar surface area (TPSA) is 44.8 Å². The summed E-state index contributed by atoms with van der Waals surface area (Å²) < 4.78 is 15.0. The predicted octanol–water partition coefficient (Wildman–Crippen LogP) is 1.88. The van der Waals surface area contributed by atoms with Crippen LogP contribution in [0.1, 0.15) is 17.3 Å². The van der Waals surface area contributed by atoms with Crippen molar-refractivity contribution in [3.8, 4) is 11.5 Å². The van der Waals surface area contributed by atoms with Gasteiger partial charge in [0.05, 0.1) is 26.4 Å². The molecular formula is C11H14O4. The highest BCUT2D eigenvalue weighted by Crippen LogP contribution is 2.22. The molecular weight excluding hydrogens is 196 g/mol. The summed E-state index contributed by atoms with van der Waals surface area (Å²) in [5.74, 6) is 0.754. The third kappa shape index (κ3) is 2.87. The van der Waals surface area contributed by atoms with Gasteiger partial charge < -0.3 is 14.2 Å². The Morgan fingerprint density at radius 2 is 1.67 bits per heavy atom. The van der Waals surface area contributed by atoms with E-state index in [0.29, 0.717) is 23.7 Å². The van der Waals surface area contributed by atoms with Crippen molar-refractivity contribution in [2.75, 3.05) is 20.8 Å². The van der Waals surface area contributed by atoms with Gasteiger partial charge >= 0.3 is 5.97 Å². The zero-order valence-corrected chi connectivity index (χ0v) is 9.07. The van der Waals surface area contributed by atoms with Gasteiger partial charge in [0, 0.05) is 6.07 Å². The van der Waals surface area contributed by atoms with Crippen LogP contribution >= 0.6 is 0 Å². The molecule has 0 aliphatic rings. The highest BCUT2D eigenvalue weighted by atomic mass is 16.5.